The highest BCUT2D eigenvalue weighted by molar-refractivity contribution is 6.24. The van der Waals surface area contributed by atoms with Gasteiger partial charge in [0.15, 0.2) is 11.6 Å². The number of likely N-dealkylation sites (tertiary alicyclic amines) is 1. The Morgan fingerprint density at radius 2 is 1.73 bits per heavy atom. The van der Waals surface area contributed by atoms with Gasteiger partial charge >= 0.3 is 0 Å². The molecule has 1 aliphatic heterocycles. The van der Waals surface area contributed by atoms with E-state index in [1.807, 2.05) is 54.6 Å². The van der Waals surface area contributed by atoms with E-state index in [9.17, 15) is 14.4 Å². The van der Waals surface area contributed by atoms with E-state index in [4.69, 9.17) is 0 Å². The van der Waals surface area contributed by atoms with Crippen molar-refractivity contribution in [3.8, 4) is 11.1 Å². The number of piperidine rings is 1. The first-order valence-corrected chi connectivity index (χ1v) is 13.0. The van der Waals surface area contributed by atoms with E-state index in [0.29, 0.717) is 23.2 Å². The molecule has 5 rings (SSSR count). The Bertz CT molecular complexity index is 1320. The van der Waals surface area contributed by atoms with E-state index in [-0.39, 0.29) is 23.4 Å². The number of aromatic nitrogens is 1. The second-order valence-electron chi connectivity index (χ2n) is 9.70. The first kappa shape index (κ1) is 24.8. The van der Waals surface area contributed by atoms with Crippen LogP contribution in [0.5, 0.6) is 0 Å². The lowest BCUT2D eigenvalue weighted by Gasteiger charge is -2.31. The van der Waals surface area contributed by atoms with Crippen LogP contribution in [-0.2, 0) is 4.79 Å². The number of pyridine rings is 1. The molecule has 188 valence electrons. The molecule has 1 aromatic heterocycles. The van der Waals surface area contributed by atoms with E-state index in [1.165, 1.54) is 6.08 Å². The number of fused-ring (bicyclic) bond motifs is 3. The summed E-state index contributed by atoms with van der Waals surface area (Å²) >= 11 is 0. The molecule has 0 saturated carbocycles. The summed E-state index contributed by atoms with van der Waals surface area (Å²) < 4.78 is 0. The minimum Gasteiger partial charge on any atom is -0.353 e. The van der Waals surface area contributed by atoms with Crippen LogP contribution < -0.4 is 5.32 Å². The summed E-state index contributed by atoms with van der Waals surface area (Å²) in [6, 6.07) is 16.9. The molecular formula is C31H31N3O3. The second-order valence-corrected chi connectivity index (χ2v) is 9.70. The fourth-order valence-corrected chi connectivity index (χ4v) is 5.30. The highest BCUT2D eigenvalue weighted by Crippen LogP contribution is 2.40. The topological polar surface area (TPSA) is 79.4 Å². The maximum Gasteiger partial charge on any atom is 0.243 e. The van der Waals surface area contributed by atoms with Crippen LogP contribution in [0.15, 0.2) is 73.1 Å². The van der Waals surface area contributed by atoms with Crippen LogP contribution in [-0.4, -0.2) is 53.5 Å². The number of carbonyl (C=O) groups is 3. The van der Waals surface area contributed by atoms with Gasteiger partial charge in [-0.05, 0) is 68.6 Å². The summed E-state index contributed by atoms with van der Waals surface area (Å²) in [7, 11) is 0. The van der Waals surface area contributed by atoms with Gasteiger partial charge in [0.05, 0.1) is 0 Å². The molecule has 6 heteroatoms. The van der Waals surface area contributed by atoms with E-state index >= 15 is 0 Å². The van der Waals surface area contributed by atoms with Crippen LogP contribution in [0.3, 0.4) is 0 Å². The van der Waals surface area contributed by atoms with E-state index < -0.39 is 0 Å². The number of benzene rings is 2. The Morgan fingerprint density at radius 3 is 2.51 bits per heavy atom. The van der Waals surface area contributed by atoms with Crippen molar-refractivity contribution in [3.63, 3.8) is 0 Å². The number of Topliss-reactive ketones (excluding diaryl/α,β-unsaturated/α-hetero) is 1. The normalized spacial score (nSPS) is 15.5. The van der Waals surface area contributed by atoms with Crippen LogP contribution in [0.1, 0.15) is 57.5 Å². The van der Waals surface area contributed by atoms with Gasteiger partial charge in [-0.2, -0.15) is 0 Å². The molecule has 1 amide bonds. The Hall–Kier alpha value is -3.90. The number of hydrogen-bond donors (Lipinski definition) is 1. The summed E-state index contributed by atoms with van der Waals surface area (Å²) in [6.45, 7) is 3.39. The predicted octanol–water partition coefficient (Wildman–Crippen LogP) is 4.80. The zero-order valence-electron chi connectivity index (χ0n) is 20.9. The quantitative estimate of drug-likeness (QED) is 0.206. The largest absolute Gasteiger partial charge is 0.353 e. The Labute approximate surface area is 217 Å². The van der Waals surface area contributed by atoms with Gasteiger partial charge < -0.3 is 10.2 Å². The van der Waals surface area contributed by atoms with Gasteiger partial charge in [-0.1, -0.05) is 48.5 Å². The lowest BCUT2D eigenvalue weighted by molar-refractivity contribution is -0.116. The first-order valence-electron chi connectivity index (χ1n) is 13.0. The van der Waals surface area contributed by atoms with Gasteiger partial charge in [0.25, 0.3) is 0 Å². The molecule has 1 aliphatic carbocycles. The first-order chi connectivity index (χ1) is 18.1. The van der Waals surface area contributed by atoms with Crippen LogP contribution >= 0.6 is 0 Å². The molecule has 0 spiro atoms. The lowest BCUT2D eigenvalue weighted by atomic mass is 9.85. The molecule has 37 heavy (non-hydrogen) atoms. The summed E-state index contributed by atoms with van der Waals surface area (Å²) in [5.41, 5.74) is 4.60. The molecule has 1 N–H and O–H groups in total. The molecule has 2 aliphatic rings. The van der Waals surface area contributed by atoms with Crippen molar-refractivity contribution in [2.24, 2.45) is 5.92 Å². The number of unbranched alkanes of at least 4 members (excludes halogenated alkanes) is 1. The summed E-state index contributed by atoms with van der Waals surface area (Å²) in [5.74, 6) is 0.0511. The molecular weight excluding hydrogens is 462 g/mol. The van der Waals surface area contributed by atoms with Crippen molar-refractivity contribution in [1.82, 2.24) is 15.2 Å². The van der Waals surface area contributed by atoms with Crippen molar-refractivity contribution in [2.45, 2.75) is 25.7 Å². The third-order valence-electron chi connectivity index (χ3n) is 7.29. The molecule has 6 nitrogen and oxygen atoms in total. The monoisotopic (exact) mass is 493 g/mol. The Kier molecular flexibility index (Phi) is 7.66. The van der Waals surface area contributed by atoms with Gasteiger partial charge in [-0.25, -0.2) is 0 Å². The van der Waals surface area contributed by atoms with Crippen LogP contribution in [0.2, 0.25) is 0 Å². The molecule has 3 aromatic rings. The number of carbonyl (C=O) groups excluding carboxylic acids is 3. The number of nitrogens with one attached hydrogen (secondary N) is 1. The Morgan fingerprint density at radius 1 is 0.946 bits per heavy atom. The van der Waals surface area contributed by atoms with Crippen LogP contribution in [0, 0.1) is 5.92 Å². The molecule has 1 saturated heterocycles. The maximum absolute atomic E-state index is 13.5. The molecule has 2 aromatic carbocycles. The molecule has 0 atom stereocenters. The maximum atomic E-state index is 13.5. The summed E-state index contributed by atoms with van der Waals surface area (Å²) in [5, 5.41) is 2.93. The van der Waals surface area contributed by atoms with E-state index in [2.05, 4.69) is 15.2 Å². The van der Waals surface area contributed by atoms with Gasteiger partial charge in [0, 0.05) is 53.2 Å². The van der Waals surface area contributed by atoms with Crippen molar-refractivity contribution in [2.75, 3.05) is 26.2 Å². The number of nitrogens with zero attached hydrogens (tertiary/aromatic N) is 2. The minimum absolute atomic E-state index is 0.00998. The second kappa shape index (κ2) is 11.4. The van der Waals surface area contributed by atoms with Gasteiger partial charge in [0.2, 0.25) is 5.91 Å². The molecule has 0 radical (unpaired) electrons. The average Bonchev–Trinajstić information content (AvgIpc) is 3.24. The average molecular weight is 494 g/mol. The zero-order valence-corrected chi connectivity index (χ0v) is 20.9. The number of hydrogen-bond acceptors (Lipinski definition) is 5. The standard InChI is InChI=1S/C31H31N3O3/c35-28(13-12-22-7-6-16-32-21-22)33-17-3-4-18-34-19-14-23(15-20-34)30(36)26-10-5-11-27-29(26)24-8-1-2-9-25(24)31(27)37/h1-2,5-13,16,21,23H,3-4,14-15,17-20H2,(H,33,35). The Balaban J connectivity index is 1.07. The fourth-order valence-electron chi connectivity index (χ4n) is 5.30. The van der Waals surface area contributed by atoms with Crippen molar-refractivity contribution < 1.29 is 14.4 Å². The third kappa shape index (κ3) is 5.59. The van der Waals surface area contributed by atoms with Crippen molar-refractivity contribution in [3.05, 3.63) is 95.3 Å². The molecule has 0 unspecified atom stereocenters. The highest BCUT2D eigenvalue weighted by Gasteiger charge is 2.33. The van der Waals surface area contributed by atoms with E-state index in [1.54, 1.807) is 18.5 Å². The fraction of sp³-hybridized carbons (Fsp3) is 0.290. The smallest absolute Gasteiger partial charge is 0.243 e. The van der Waals surface area contributed by atoms with E-state index in [0.717, 1.165) is 62.0 Å². The van der Waals surface area contributed by atoms with Crippen molar-refractivity contribution >= 4 is 23.5 Å². The molecule has 2 heterocycles. The van der Waals surface area contributed by atoms with Crippen molar-refractivity contribution in [1.29, 1.82) is 0 Å². The third-order valence-corrected chi connectivity index (χ3v) is 7.29. The lowest BCUT2D eigenvalue weighted by Crippen LogP contribution is -2.37. The summed E-state index contributed by atoms with van der Waals surface area (Å²) in [4.78, 5) is 44.7. The molecule has 0 bridgehead atoms. The number of rotatable bonds is 9. The van der Waals surface area contributed by atoms with Crippen LogP contribution in [0.25, 0.3) is 17.2 Å². The summed E-state index contributed by atoms with van der Waals surface area (Å²) in [6.07, 6.45) is 10.3. The SMILES string of the molecule is O=C(C=Cc1cccnc1)NCCCCN1CCC(C(=O)c2cccc3c2-c2ccccc2C3=O)CC1. The zero-order chi connectivity index (χ0) is 25.6. The number of ketones is 2. The number of amides is 1. The predicted molar refractivity (Wildman–Crippen MR) is 144 cm³/mol. The molecule has 1 fully saturated rings. The van der Waals surface area contributed by atoms with Gasteiger partial charge in [0.1, 0.15) is 0 Å². The van der Waals surface area contributed by atoms with Gasteiger partial charge in [-0.15, -0.1) is 0 Å². The minimum atomic E-state index is -0.0973. The van der Waals surface area contributed by atoms with Crippen LogP contribution in [0.4, 0.5) is 0 Å². The van der Waals surface area contributed by atoms with Gasteiger partial charge in [-0.3, -0.25) is 19.4 Å². The highest BCUT2D eigenvalue weighted by atomic mass is 16.1.